The molecule has 18 heavy (non-hydrogen) atoms. The van der Waals surface area contributed by atoms with E-state index in [-0.39, 0.29) is 11.2 Å². The molecule has 0 fully saturated rings. The second-order valence-electron chi connectivity index (χ2n) is 3.71. The molecular weight excluding hydrogens is 318 g/mol. The van der Waals surface area contributed by atoms with E-state index in [0.29, 0.717) is 0 Å². The second-order valence-corrected chi connectivity index (χ2v) is 6.82. The Morgan fingerprint density at radius 2 is 1.94 bits per heavy atom. The van der Waals surface area contributed by atoms with Gasteiger partial charge in [-0.05, 0) is 17.2 Å². The molecule has 2 N–H and O–H groups in total. The van der Waals surface area contributed by atoms with Gasteiger partial charge in [-0.25, -0.2) is 13.1 Å². The molecule has 0 unspecified atom stereocenters. The molecule has 0 aliphatic carbocycles. The Hall–Kier alpha value is -1.18. The van der Waals surface area contributed by atoms with Crippen molar-refractivity contribution in [2.45, 2.75) is 6.54 Å². The molecule has 0 saturated heterocycles. The topological polar surface area (TPSA) is 74.8 Å². The van der Waals surface area contributed by atoms with Gasteiger partial charge in [-0.1, -0.05) is 40.2 Å². The molecule has 0 saturated carbocycles. The number of hydrogen-bond acceptors (Lipinski definition) is 3. The van der Waals surface area contributed by atoms with Gasteiger partial charge in [0.2, 0.25) is 10.0 Å². The van der Waals surface area contributed by atoms with Crippen molar-refractivity contribution in [2.24, 2.45) is 0 Å². The van der Waals surface area contributed by atoms with E-state index in [1.807, 2.05) is 30.3 Å². The number of rotatable bonds is 5. The minimum Gasteiger partial charge on any atom is -0.278 e. The largest absolute Gasteiger partial charge is 0.278 e. The van der Waals surface area contributed by atoms with Gasteiger partial charge >= 0.3 is 0 Å². The van der Waals surface area contributed by atoms with Gasteiger partial charge in [0.15, 0.2) is 0 Å². The molecule has 7 heteroatoms. The van der Waals surface area contributed by atoms with Crippen molar-refractivity contribution in [1.82, 2.24) is 14.9 Å². The van der Waals surface area contributed by atoms with Gasteiger partial charge in [-0.3, -0.25) is 5.10 Å². The van der Waals surface area contributed by atoms with E-state index in [2.05, 4.69) is 30.8 Å². The number of alkyl halides is 1. The van der Waals surface area contributed by atoms with E-state index in [9.17, 15) is 8.42 Å². The first-order chi connectivity index (χ1) is 8.61. The Bertz CT molecular complexity index is 594. The number of aromatic amines is 1. The van der Waals surface area contributed by atoms with E-state index < -0.39 is 10.0 Å². The molecule has 1 aromatic carbocycles. The van der Waals surface area contributed by atoms with Crippen molar-refractivity contribution in [3.05, 3.63) is 42.1 Å². The van der Waals surface area contributed by atoms with Gasteiger partial charge < -0.3 is 0 Å². The Balaban J connectivity index is 2.05. The summed E-state index contributed by atoms with van der Waals surface area (Å²) >= 11 is 2.92. The zero-order valence-corrected chi connectivity index (χ0v) is 11.8. The van der Waals surface area contributed by atoms with Gasteiger partial charge in [0, 0.05) is 12.7 Å². The van der Waals surface area contributed by atoms with Crippen LogP contribution in [0.1, 0.15) is 5.56 Å². The van der Waals surface area contributed by atoms with Crippen molar-refractivity contribution < 1.29 is 8.42 Å². The predicted molar refractivity (Wildman–Crippen MR) is 73.6 cm³/mol. The van der Waals surface area contributed by atoms with E-state index in [0.717, 1.165) is 16.8 Å². The summed E-state index contributed by atoms with van der Waals surface area (Å²) in [5.41, 5.74) is 2.85. The molecule has 0 aliphatic heterocycles. The summed E-state index contributed by atoms with van der Waals surface area (Å²) in [5, 5.41) is 6.75. The van der Waals surface area contributed by atoms with Crippen LogP contribution in [0.2, 0.25) is 0 Å². The summed E-state index contributed by atoms with van der Waals surface area (Å²) in [6, 6.07) is 9.49. The van der Waals surface area contributed by atoms with Crippen LogP contribution in [0.3, 0.4) is 0 Å². The summed E-state index contributed by atoms with van der Waals surface area (Å²) < 4.78 is 24.9. The zero-order chi connectivity index (χ0) is 13.0. The minimum absolute atomic E-state index is 0.0910. The molecule has 0 radical (unpaired) electrons. The third-order valence-electron chi connectivity index (χ3n) is 2.41. The first kappa shape index (κ1) is 13.3. The number of sulfonamides is 1. The number of aromatic nitrogens is 2. The van der Waals surface area contributed by atoms with Crippen molar-refractivity contribution >= 4 is 26.0 Å². The molecular formula is C11H12BrN3O2S. The number of H-pyrrole nitrogens is 1. The quantitative estimate of drug-likeness (QED) is 0.822. The zero-order valence-electron chi connectivity index (χ0n) is 9.43. The fourth-order valence-electron chi connectivity index (χ4n) is 1.45. The monoisotopic (exact) mass is 329 g/mol. The third kappa shape index (κ3) is 3.41. The van der Waals surface area contributed by atoms with Crippen LogP contribution in [0.4, 0.5) is 0 Å². The van der Waals surface area contributed by atoms with E-state index in [4.69, 9.17) is 0 Å². The van der Waals surface area contributed by atoms with Gasteiger partial charge in [0.25, 0.3) is 0 Å². The number of nitrogens with one attached hydrogen (secondary N) is 2. The van der Waals surface area contributed by atoms with Crippen LogP contribution in [0.15, 0.2) is 36.5 Å². The van der Waals surface area contributed by atoms with E-state index >= 15 is 0 Å². The van der Waals surface area contributed by atoms with Gasteiger partial charge in [0.05, 0.1) is 5.69 Å². The van der Waals surface area contributed by atoms with E-state index in [1.54, 1.807) is 6.20 Å². The van der Waals surface area contributed by atoms with E-state index in [1.165, 1.54) is 0 Å². The lowest BCUT2D eigenvalue weighted by Gasteiger charge is -2.05. The van der Waals surface area contributed by atoms with Crippen molar-refractivity contribution in [3.8, 4) is 11.3 Å². The average Bonchev–Trinajstić information content (AvgIpc) is 2.91. The SMILES string of the molecule is O=S(=O)(CBr)NCc1ccc(-c2ccn[nH]2)cc1. The number of halogens is 1. The lowest BCUT2D eigenvalue weighted by molar-refractivity contribution is 0.586. The average molecular weight is 330 g/mol. The molecule has 5 nitrogen and oxygen atoms in total. The first-order valence-electron chi connectivity index (χ1n) is 5.23. The molecule has 0 spiro atoms. The predicted octanol–water partition coefficient (Wildman–Crippen LogP) is 1.85. The summed E-state index contributed by atoms with van der Waals surface area (Å²) in [6.07, 6.45) is 1.69. The highest BCUT2D eigenvalue weighted by molar-refractivity contribution is 9.10. The summed E-state index contributed by atoms with van der Waals surface area (Å²) in [7, 11) is -3.22. The molecule has 2 aromatic rings. The lowest BCUT2D eigenvalue weighted by Crippen LogP contribution is -2.23. The first-order valence-corrected chi connectivity index (χ1v) is 8.00. The van der Waals surface area contributed by atoms with Crippen LogP contribution >= 0.6 is 15.9 Å². The fourth-order valence-corrected chi connectivity index (χ4v) is 2.40. The minimum atomic E-state index is -3.22. The molecule has 96 valence electrons. The Morgan fingerprint density at radius 3 is 2.50 bits per heavy atom. The highest BCUT2D eigenvalue weighted by atomic mass is 79.9. The Kier molecular flexibility index (Phi) is 4.15. The lowest BCUT2D eigenvalue weighted by atomic mass is 10.1. The summed E-state index contributed by atoms with van der Waals surface area (Å²) in [6.45, 7) is 0.289. The highest BCUT2D eigenvalue weighted by Gasteiger charge is 2.06. The summed E-state index contributed by atoms with van der Waals surface area (Å²) in [5.74, 6) is 0. The molecule has 1 aromatic heterocycles. The van der Waals surface area contributed by atoms with Crippen LogP contribution in [0, 0.1) is 0 Å². The highest BCUT2D eigenvalue weighted by Crippen LogP contribution is 2.16. The number of hydrogen-bond donors (Lipinski definition) is 2. The van der Waals surface area contributed by atoms with Crippen molar-refractivity contribution in [2.75, 3.05) is 4.66 Å². The van der Waals surface area contributed by atoms with Crippen LogP contribution in [0.25, 0.3) is 11.3 Å². The summed E-state index contributed by atoms with van der Waals surface area (Å²) in [4.78, 5) is 0. The Morgan fingerprint density at radius 1 is 1.22 bits per heavy atom. The van der Waals surface area contributed by atoms with Crippen LogP contribution in [-0.2, 0) is 16.6 Å². The molecule has 2 rings (SSSR count). The smallest absolute Gasteiger partial charge is 0.221 e. The van der Waals surface area contributed by atoms with Gasteiger partial charge in [-0.15, -0.1) is 0 Å². The van der Waals surface area contributed by atoms with Gasteiger partial charge in [-0.2, -0.15) is 5.10 Å². The molecule has 0 aliphatic rings. The molecule has 0 bridgehead atoms. The third-order valence-corrected chi connectivity index (χ3v) is 5.09. The normalized spacial score (nSPS) is 11.6. The Labute approximate surface area is 114 Å². The molecule has 0 atom stereocenters. The van der Waals surface area contributed by atoms with Crippen molar-refractivity contribution in [1.29, 1.82) is 0 Å². The van der Waals surface area contributed by atoms with Gasteiger partial charge in [0.1, 0.15) is 4.66 Å². The number of benzene rings is 1. The second kappa shape index (κ2) is 5.64. The molecule has 0 amide bonds. The maximum atomic E-state index is 11.3. The van der Waals surface area contributed by atoms with Crippen LogP contribution in [0.5, 0.6) is 0 Å². The fraction of sp³-hybridized carbons (Fsp3) is 0.182. The van der Waals surface area contributed by atoms with Crippen LogP contribution in [-0.4, -0.2) is 23.3 Å². The maximum Gasteiger partial charge on any atom is 0.221 e. The molecule has 1 heterocycles. The van der Waals surface area contributed by atoms with Crippen LogP contribution < -0.4 is 4.72 Å². The maximum absolute atomic E-state index is 11.3. The number of nitrogens with zero attached hydrogens (tertiary/aromatic N) is 1. The van der Waals surface area contributed by atoms with Crippen molar-refractivity contribution in [3.63, 3.8) is 0 Å². The standard InChI is InChI=1S/C11H12BrN3O2S/c12-8-18(16,17)14-7-9-1-3-10(4-2-9)11-5-6-13-15-11/h1-6,14H,7-8H2,(H,13,15).